The number of hydrogen-bond donors (Lipinski definition) is 1. The Hall–Kier alpha value is -3.37. The molecule has 0 radical (unpaired) electrons. The highest BCUT2D eigenvalue weighted by Gasteiger charge is 2.47. The highest BCUT2D eigenvalue weighted by molar-refractivity contribution is 6.32. The predicted molar refractivity (Wildman–Crippen MR) is 149 cm³/mol. The summed E-state index contributed by atoms with van der Waals surface area (Å²) in [5.74, 6) is 2.48. The van der Waals surface area contributed by atoms with Crippen LogP contribution in [0, 0.1) is 5.92 Å². The first-order chi connectivity index (χ1) is 18.7. The lowest BCUT2D eigenvalue weighted by molar-refractivity contribution is 0.0214. The molecule has 2 aromatic heterocycles. The van der Waals surface area contributed by atoms with Gasteiger partial charge in [-0.2, -0.15) is 0 Å². The largest absolute Gasteiger partial charge is 0.492 e. The van der Waals surface area contributed by atoms with Gasteiger partial charge in [0.1, 0.15) is 29.0 Å². The van der Waals surface area contributed by atoms with Gasteiger partial charge < -0.3 is 29.3 Å². The number of benzene rings is 1. The van der Waals surface area contributed by atoms with Gasteiger partial charge in [-0.1, -0.05) is 11.6 Å². The maximum Gasteiger partial charge on any atom is 0.410 e. The van der Waals surface area contributed by atoms with Crippen LogP contribution in [-0.4, -0.2) is 76.5 Å². The number of nitrogens with zero attached hydrogens (tertiary/aromatic N) is 5. The number of carbonyl (C=O) groups excluding carboxylic acids is 1. The monoisotopic (exact) mass is 552 g/mol. The number of aromatic nitrogens is 3. The molecule has 0 spiro atoms. The third kappa shape index (κ3) is 5.53. The van der Waals surface area contributed by atoms with Crippen LogP contribution in [0.5, 0.6) is 5.75 Å². The second kappa shape index (κ2) is 10.3. The van der Waals surface area contributed by atoms with Crippen molar-refractivity contribution in [3.8, 4) is 5.75 Å². The fraction of sp³-hybridized carbons (Fsp3) is 0.500. The minimum atomic E-state index is -0.510. The number of anilines is 3. The highest BCUT2D eigenvalue weighted by Crippen LogP contribution is 2.36. The van der Waals surface area contributed by atoms with Crippen molar-refractivity contribution in [1.29, 1.82) is 0 Å². The normalized spacial score (nSPS) is 22.5. The molecule has 3 aliphatic rings. The Morgan fingerprint density at radius 3 is 2.77 bits per heavy atom. The molecule has 5 heterocycles. The predicted octanol–water partition coefficient (Wildman–Crippen LogP) is 5.04. The van der Waals surface area contributed by atoms with Crippen molar-refractivity contribution in [3.63, 3.8) is 0 Å². The number of piperazine rings is 1. The molecule has 3 fully saturated rings. The summed E-state index contributed by atoms with van der Waals surface area (Å²) in [5, 5.41) is 3.87. The van der Waals surface area contributed by atoms with Crippen molar-refractivity contribution in [2.75, 3.05) is 43.1 Å². The van der Waals surface area contributed by atoms with Gasteiger partial charge in [0.2, 0.25) is 0 Å². The Bertz CT molecular complexity index is 1380. The summed E-state index contributed by atoms with van der Waals surface area (Å²) in [6.07, 6.45) is 3.18. The summed E-state index contributed by atoms with van der Waals surface area (Å²) in [6, 6.07) is 9.83. The molecule has 6 rings (SSSR count). The first-order valence-electron chi connectivity index (χ1n) is 13.4. The van der Waals surface area contributed by atoms with Crippen LogP contribution in [0.3, 0.4) is 0 Å². The van der Waals surface area contributed by atoms with Crippen LogP contribution >= 0.6 is 11.6 Å². The summed E-state index contributed by atoms with van der Waals surface area (Å²) < 4.78 is 16.9. The van der Waals surface area contributed by atoms with Crippen molar-refractivity contribution in [3.05, 3.63) is 41.7 Å². The molecule has 3 saturated heterocycles. The standard InChI is InChI=1S/C28H33ClN6O4/c1-28(2,3)39-27(36)35-13-19-11-20(35)12-34(19)24-7-5-22-25(33-24)26(31-16-30-22)32-18-4-6-23(21(29)10-18)38-15-17-8-9-37-14-17/h4-7,10,16-17,19-20H,8-9,11-15H2,1-3H3,(H,30,31,32)/t17?,19-,20-/m0/s1. The Morgan fingerprint density at radius 2 is 2.05 bits per heavy atom. The van der Waals surface area contributed by atoms with Crippen LogP contribution in [0.2, 0.25) is 5.02 Å². The van der Waals surface area contributed by atoms with Gasteiger partial charge in [0, 0.05) is 31.3 Å². The minimum Gasteiger partial charge on any atom is -0.492 e. The Morgan fingerprint density at radius 1 is 1.18 bits per heavy atom. The van der Waals surface area contributed by atoms with E-state index in [1.54, 1.807) is 0 Å². The number of carbonyl (C=O) groups is 1. The molecule has 1 aromatic carbocycles. The number of nitrogens with one attached hydrogen (secondary N) is 1. The van der Waals surface area contributed by atoms with Gasteiger partial charge in [0.15, 0.2) is 5.82 Å². The number of halogens is 1. The Kier molecular flexibility index (Phi) is 6.84. The van der Waals surface area contributed by atoms with Crippen molar-refractivity contribution in [1.82, 2.24) is 19.9 Å². The van der Waals surface area contributed by atoms with Gasteiger partial charge in [-0.3, -0.25) is 0 Å². The van der Waals surface area contributed by atoms with Gasteiger partial charge >= 0.3 is 6.09 Å². The molecule has 1 amide bonds. The molecule has 0 aliphatic carbocycles. The summed E-state index contributed by atoms with van der Waals surface area (Å²) in [6.45, 7) is 9.11. The molecule has 39 heavy (non-hydrogen) atoms. The first-order valence-corrected chi connectivity index (χ1v) is 13.8. The van der Waals surface area contributed by atoms with Crippen molar-refractivity contribution >= 4 is 46.1 Å². The molecule has 11 heteroatoms. The van der Waals surface area contributed by atoms with Crippen LogP contribution in [0.15, 0.2) is 36.7 Å². The van der Waals surface area contributed by atoms with Crippen molar-refractivity contribution < 1.29 is 19.0 Å². The minimum absolute atomic E-state index is 0.107. The lowest BCUT2D eigenvalue weighted by Crippen LogP contribution is -2.50. The van der Waals surface area contributed by atoms with Crippen molar-refractivity contribution in [2.24, 2.45) is 5.92 Å². The average molecular weight is 553 g/mol. The van der Waals surface area contributed by atoms with E-state index >= 15 is 0 Å². The topological polar surface area (TPSA) is 102 Å². The van der Waals surface area contributed by atoms with Crippen molar-refractivity contribution in [2.45, 2.75) is 51.3 Å². The average Bonchev–Trinajstić information content (AvgIpc) is 3.65. The molecule has 0 saturated carbocycles. The lowest BCUT2D eigenvalue weighted by Gasteiger charge is -2.35. The number of likely N-dealkylation sites (tertiary alicyclic amines) is 1. The zero-order valence-corrected chi connectivity index (χ0v) is 23.1. The number of pyridine rings is 1. The molecule has 206 valence electrons. The number of fused-ring (bicyclic) bond motifs is 3. The van der Waals surface area contributed by atoms with E-state index in [9.17, 15) is 4.79 Å². The fourth-order valence-corrected chi connectivity index (χ4v) is 5.66. The van der Waals surface area contributed by atoms with Gasteiger partial charge in [0.05, 0.1) is 35.8 Å². The van der Waals surface area contributed by atoms with E-state index in [-0.39, 0.29) is 18.2 Å². The second-order valence-corrected chi connectivity index (χ2v) is 11.8. The number of rotatable bonds is 6. The van der Waals surface area contributed by atoms with Crippen LogP contribution in [0.4, 0.5) is 22.1 Å². The number of hydrogen-bond acceptors (Lipinski definition) is 9. The van der Waals surface area contributed by atoms with Crippen LogP contribution in [0.25, 0.3) is 11.0 Å². The third-order valence-electron chi connectivity index (χ3n) is 7.32. The Balaban J connectivity index is 1.16. The summed E-state index contributed by atoms with van der Waals surface area (Å²) >= 11 is 6.53. The Labute approximate surface area is 232 Å². The van der Waals surface area contributed by atoms with E-state index in [1.807, 2.05) is 56.0 Å². The zero-order chi connectivity index (χ0) is 27.1. The van der Waals surface area contributed by atoms with Crippen LogP contribution in [0.1, 0.15) is 33.6 Å². The van der Waals surface area contributed by atoms with Crippen LogP contribution < -0.4 is 15.0 Å². The summed E-state index contributed by atoms with van der Waals surface area (Å²) in [4.78, 5) is 30.6. The molecule has 1 unspecified atom stereocenters. The van der Waals surface area contributed by atoms with E-state index in [4.69, 9.17) is 30.8 Å². The van der Waals surface area contributed by atoms with Gasteiger partial charge in [0.25, 0.3) is 0 Å². The smallest absolute Gasteiger partial charge is 0.410 e. The lowest BCUT2D eigenvalue weighted by atomic mass is 10.1. The second-order valence-electron chi connectivity index (χ2n) is 11.4. The van der Waals surface area contributed by atoms with Gasteiger partial charge in [-0.15, -0.1) is 0 Å². The number of ether oxygens (including phenoxy) is 3. The van der Waals surface area contributed by atoms with E-state index in [1.165, 1.54) is 6.33 Å². The third-order valence-corrected chi connectivity index (χ3v) is 7.62. The fourth-order valence-electron chi connectivity index (χ4n) is 5.43. The summed E-state index contributed by atoms with van der Waals surface area (Å²) in [7, 11) is 0. The molecular weight excluding hydrogens is 520 g/mol. The molecule has 10 nitrogen and oxygen atoms in total. The SMILES string of the molecule is CC(C)(C)OC(=O)N1C[C@@H]2C[C@H]1CN2c1ccc2ncnc(Nc3ccc(OCC4CCOC4)c(Cl)c3)c2n1. The van der Waals surface area contributed by atoms with Crippen LogP contribution in [-0.2, 0) is 9.47 Å². The highest BCUT2D eigenvalue weighted by atomic mass is 35.5. The molecule has 3 atom stereocenters. The maximum atomic E-state index is 12.7. The molecule has 3 aliphatic heterocycles. The van der Waals surface area contributed by atoms with E-state index in [2.05, 4.69) is 20.2 Å². The number of amides is 1. The van der Waals surface area contributed by atoms with E-state index in [0.717, 1.165) is 43.1 Å². The first kappa shape index (κ1) is 25.9. The molecule has 3 aromatic rings. The molecular formula is C28H33ClN6O4. The summed E-state index contributed by atoms with van der Waals surface area (Å²) in [5.41, 5.74) is 1.67. The maximum absolute atomic E-state index is 12.7. The quantitative estimate of drug-likeness (QED) is 0.451. The van der Waals surface area contributed by atoms with E-state index < -0.39 is 5.60 Å². The van der Waals surface area contributed by atoms with E-state index in [0.29, 0.717) is 47.7 Å². The molecule has 1 N–H and O–H groups in total. The van der Waals surface area contributed by atoms with Gasteiger partial charge in [-0.05, 0) is 63.9 Å². The van der Waals surface area contributed by atoms with Gasteiger partial charge in [-0.25, -0.2) is 19.7 Å². The zero-order valence-electron chi connectivity index (χ0n) is 22.4. The molecule has 2 bridgehead atoms.